The Morgan fingerprint density at radius 1 is 1.14 bits per heavy atom. The molecule has 7 nitrogen and oxygen atoms in total. The zero-order valence-corrected chi connectivity index (χ0v) is 17.6. The first-order chi connectivity index (χ1) is 13.5. The highest BCUT2D eigenvalue weighted by atomic mass is 16.2. The minimum absolute atomic E-state index is 0.109. The van der Waals surface area contributed by atoms with Crippen LogP contribution in [0.4, 0.5) is 10.6 Å². The topological polar surface area (TPSA) is 57.5 Å². The lowest BCUT2D eigenvalue weighted by Crippen LogP contribution is -2.43. The van der Waals surface area contributed by atoms with Crippen LogP contribution in [0.3, 0.4) is 0 Å². The lowest BCUT2D eigenvalue weighted by Gasteiger charge is -2.33. The van der Waals surface area contributed by atoms with Crippen molar-refractivity contribution in [2.45, 2.75) is 51.5 Å². The molecule has 2 aromatic heterocycles. The summed E-state index contributed by atoms with van der Waals surface area (Å²) in [5, 5.41) is 0. The number of rotatable bonds is 3. The smallest absolute Gasteiger partial charge is 0.319 e. The fourth-order valence-electron chi connectivity index (χ4n) is 4.45. The van der Waals surface area contributed by atoms with Crippen molar-refractivity contribution in [1.82, 2.24) is 24.3 Å². The molecule has 2 aromatic rings. The summed E-state index contributed by atoms with van der Waals surface area (Å²) in [4.78, 5) is 28.1. The molecule has 28 heavy (non-hydrogen) atoms. The zero-order chi connectivity index (χ0) is 19.8. The first-order valence-electron chi connectivity index (χ1n) is 10.5. The van der Waals surface area contributed by atoms with Crippen molar-refractivity contribution in [3.8, 4) is 0 Å². The normalized spacial score (nSPS) is 18.5. The Labute approximate surface area is 167 Å². The number of carbonyl (C=O) groups is 1. The van der Waals surface area contributed by atoms with Crippen molar-refractivity contribution in [1.29, 1.82) is 0 Å². The van der Waals surface area contributed by atoms with Gasteiger partial charge in [0.15, 0.2) is 5.82 Å². The lowest BCUT2D eigenvalue weighted by molar-refractivity contribution is 0.156. The molecule has 152 valence electrons. The molecule has 2 aliphatic heterocycles. The highest BCUT2D eigenvalue weighted by Gasteiger charge is 2.28. The van der Waals surface area contributed by atoms with Gasteiger partial charge in [0.25, 0.3) is 0 Å². The van der Waals surface area contributed by atoms with Gasteiger partial charge in [-0.2, -0.15) is 0 Å². The second-order valence-electron chi connectivity index (χ2n) is 8.62. The van der Waals surface area contributed by atoms with Gasteiger partial charge in [0.05, 0.1) is 11.8 Å². The third-order valence-corrected chi connectivity index (χ3v) is 6.09. The number of piperidine rings is 1. The molecule has 2 saturated heterocycles. The van der Waals surface area contributed by atoms with E-state index in [0.29, 0.717) is 12.0 Å². The van der Waals surface area contributed by atoms with E-state index in [0.717, 1.165) is 56.0 Å². The number of hydrogen-bond donors (Lipinski definition) is 0. The van der Waals surface area contributed by atoms with E-state index in [1.165, 1.54) is 18.4 Å². The summed E-state index contributed by atoms with van der Waals surface area (Å²) in [6.45, 7) is 8.11. The summed E-state index contributed by atoms with van der Waals surface area (Å²) in [7, 11) is 3.64. The van der Waals surface area contributed by atoms with Crippen molar-refractivity contribution in [2.24, 2.45) is 0 Å². The van der Waals surface area contributed by atoms with Crippen molar-refractivity contribution in [3.63, 3.8) is 0 Å². The second kappa shape index (κ2) is 7.60. The molecule has 0 N–H and O–H groups in total. The average Bonchev–Trinajstić information content (AvgIpc) is 3.36. The Morgan fingerprint density at radius 3 is 2.43 bits per heavy atom. The van der Waals surface area contributed by atoms with Crippen LogP contribution in [0.15, 0.2) is 12.4 Å². The number of nitrogens with zero attached hydrogens (tertiary/aromatic N) is 6. The number of pyridine rings is 1. The molecule has 0 aromatic carbocycles. The predicted molar refractivity (Wildman–Crippen MR) is 112 cm³/mol. The second-order valence-corrected chi connectivity index (χ2v) is 8.62. The molecule has 4 heterocycles. The number of imidazole rings is 1. The van der Waals surface area contributed by atoms with Crippen molar-refractivity contribution < 1.29 is 4.79 Å². The molecule has 0 aliphatic carbocycles. The standard InChI is InChI=1S/C21H32N6O/c1-15(2)27-14-22-19-18(27)13-17(23-20(19)25-9-5-6-10-25)16-7-11-26(12-8-16)21(28)24(3)4/h13-16H,5-12H2,1-4H3. The van der Waals surface area contributed by atoms with E-state index in [1.54, 1.807) is 4.90 Å². The lowest BCUT2D eigenvalue weighted by atomic mass is 9.93. The Morgan fingerprint density at radius 2 is 1.82 bits per heavy atom. The highest BCUT2D eigenvalue weighted by Crippen LogP contribution is 2.34. The fraction of sp³-hybridized carbons (Fsp3) is 0.667. The zero-order valence-electron chi connectivity index (χ0n) is 17.6. The molecule has 0 saturated carbocycles. The molecule has 4 rings (SSSR count). The van der Waals surface area contributed by atoms with E-state index in [1.807, 2.05) is 25.3 Å². The van der Waals surface area contributed by atoms with Crippen LogP contribution in [0.2, 0.25) is 0 Å². The van der Waals surface area contributed by atoms with Crippen LogP contribution in [0.25, 0.3) is 11.0 Å². The molecule has 0 bridgehead atoms. The van der Waals surface area contributed by atoms with Gasteiger partial charge in [0, 0.05) is 57.9 Å². The van der Waals surface area contributed by atoms with Gasteiger partial charge in [-0.15, -0.1) is 0 Å². The molecule has 0 unspecified atom stereocenters. The Balaban J connectivity index is 1.65. The van der Waals surface area contributed by atoms with Crippen molar-refractivity contribution in [3.05, 3.63) is 18.1 Å². The number of carbonyl (C=O) groups excluding carboxylic acids is 1. The third-order valence-electron chi connectivity index (χ3n) is 6.09. The maximum absolute atomic E-state index is 12.2. The quantitative estimate of drug-likeness (QED) is 0.813. The SMILES string of the molecule is CC(C)n1cnc2c(N3CCCC3)nc(C3CCN(C(=O)N(C)C)CC3)cc21. The Bertz CT molecular complexity index is 844. The van der Waals surface area contributed by atoms with Gasteiger partial charge < -0.3 is 19.3 Å². The Hall–Kier alpha value is -2.31. The first kappa shape index (κ1) is 19.0. The molecule has 2 fully saturated rings. The predicted octanol–water partition coefficient (Wildman–Crippen LogP) is 3.47. The number of fused-ring (bicyclic) bond motifs is 1. The molecule has 0 spiro atoms. The monoisotopic (exact) mass is 384 g/mol. The van der Waals surface area contributed by atoms with Crippen LogP contribution in [0, 0.1) is 0 Å². The molecular formula is C21H32N6O. The van der Waals surface area contributed by atoms with Gasteiger partial charge in [0.2, 0.25) is 0 Å². The summed E-state index contributed by atoms with van der Waals surface area (Å²) in [5.74, 6) is 1.45. The summed E-state index contributed by atoms with van der Waals surface area (Å²) >= 11 is 0. The minimum Gasteiger partial charge on any atom is -0.355 e. The summed E-state index contributed by atoms with van der Waals surface area (Å²) in [6, 6.07) is 2.72. The van der Waals surface area contributed by atoms with Gasteiger partial charge in [-0.05, 0) is 45.6 Å². The molecule has 2 aliphatic rings. The third kappa shape index (κ3) is 3.42. The average molecular weight is 385 g/mol. The number of aromatic nitrogens is 3. The van der Waals surface area contributed by atoms with E-state index in [9.17, 15) is 4.79 Å². The van der Waals surface area contributed by atoms with Crippen LogP contribution in [-0.2, 0) is 0 Å². The van der Waals surface area contributed by atoms with Gasteiger partial charge in [-0.3, -0.25) is 0 Å². The van der Waals surface area contributed by atoms with E-state index in [4.69, 9.17) is 9.97 Å². The van der Waals surface area contributed by atoms with Crippen LogP contribution < -0.4 is 4.90 Å². The number of anilines is 1. The van der Waals surface area contributed by atoms with Crippen LogP contribution >= 0.6 is 0 Å². The van der Waals surface area contributed by atoms with Crippen LogP contribution in [0.5, 0.6) is 0 Å². The molecule has 2 amide bonds. The van der Waals surface area contributed by atoms with Gasteiger partial charge in [-0.1, -0.05) is 0 Å². The molecule has 7 heteroatoms. The van der Waals surface area contributed by atoms with Gasteiger partial charge >= 0.3 is 6.03 Å². The van der Waals surface area contributed by atoms with Gasteiger partial charge in [0.1, 0.15) is 5.52 Å². The minimum atomic E-state index is 0.109. The highest BCUT2D eigenvalue weighted by molar-refractivity contribution is 5.87. The Kier molecular flexibility index (Phi) is 5.17. The van der Waals surface area contributed by atoms with E-state index >= 15 is 0 Å². The van der Waals surface area contributed by atoms with E-state index < -0.39 is 0 Å². The number of urea groups is 1. The maximum Gasteiger partial charge on any atom is 0.319 e. The number of amides is 2. The van der Waals surface area contributed by atoms with Gasteiger partial charge in [-0.25, -0.2) is 14.8 Å². The first-order valence-corrected chi connectivity index (χ1v) is 10.5. The van der Waals surface area contributed by atoms with E-state index in [2.05, 4.69) is 29.4 Å². The number of hydrogen-bond acceptors (Lipinski definition) is 4. The molecular weight excluding hydrogens is 352 g/mol. The fourth-order valence-corrected chi connectivity index (χ4v) is 4.45. The summed E-state index contributed by atoms with van der Waals surface area (Å²) < 4.78 is 2.25. The van der Waals surface area contributed by atoms with Crippen LogP contribution in [0.1, 0.15) is 57.2 Å². The summed E-state index contributed by atoms with van der Waals surface area (Å²) in [5.41, 5.74) is 3.38. The van der Waals surface area contributed by atoms with Crippen LogP contribution in [-0.4, -0.2) is 70.6 Å². The summed E-state index contributed by atoms with van der Waals surface area (Å²) in [6.07, 6.45) is 6.34. The molecule has 0 atom stereocenters. The largest absolute Gasteiger partial charge is 0.355 e. The van der Waals surface area contributed by atoms with Crippen molar-refractivity contribution >= 4 is 22.9 Å². The molecule has 0 radical (unpaired) electrons. The maximum atomic E-state index is 12.2. The van der Waals surface area contributed by atoms with Crippen molar-refractivity contribution in [2.75, 3.05) is 45.2 Å². The van der Waals surface area contributed by atoms with E-state index in [-0.39, 0.29) is 6.03 Å². The number of likely N-dealkylation sites (tertiary alicyclic amines) is 1.